The number of amides is 3. The molecule has 1 aliphatic heterocycles. The van der Waals surface area contributed by atoms with Gasteiger partial charge in [-0.15, -0.1) is 0 Å². The van der Waals surface area contributed by atoms with Crippen LogP contribution in [-0.2, 0) is 16.2 Å². The molecule has 40 heavy (non-hydrogen) atoms. The Labute approximate surface area is 235 Å². The summed E-state index contributed by atoms with van der Waals surface area (Å²) in [5, 5.41) is 13.1. The molecule has 1 saturated heterocycles. The number of thioether (sulfide) groups is 1. The smallest absolute Gasteiger partial charge is 0.294 e. The summed E-state index contributed by atoms with van der Waals surface area (Å²) < 4.78 is 11.6. The van der Waals surface area contributed by atoms with Crippen LogP contribution in [0.15, 0.2) is 65.6 Å². The number of nitro groups is 1. The molecule has 206 valence electrons. The largest absolute Gasteiger partial charge is 0.490 e. The molecule has 3 amide bonds. The molecule has 3 aromatic carbocycles. The van der Waals surface area contributed by atoms with E-state index >= 15 is 0 Å². The fourth-order valence-electron chi connectivity index (χ4n) is 4.00. The number of hydrogen-bond acceptors (Lipinski definition) is 8. The highest BCUT2D eigenvalue weighted by atomic mass is 32.2. The Kier molecular flexibility index (Phi) is 8.85. The van der Waals surface area contributed by atoms with Crippen molar-refractivity contribution in [1.82, 2.24) is 4.90 Å². The first-order valence-electron chi connectivity index (χ1n) is 12.4. The molecular weight excluding hydrogens is 534 g/mol. The van der Waals surface area contributed by atoms with E-state index in [0.29, 0.717) is 29.4 Å². The molecule has 1 fully saturated rings. The molecule has 0 atom stereocenters. The molecule has 11 heteroatoms. The van der Waals surface area contributed by atoms with Crippen molar-refractivity contribution in [2.24, 2.45) is 0 Å². The third-order valence-corrected chi connectivity index (χ3v) is 6.94. The summed E-state index contributed by atoms with van der Waals surface area (Å²) in [5.74, 6) is -0.129. The zero-order valence-electron chi connectivity index (χ0n) is 22.1. The molecule has 10 nitrogen and oxygen atoms in total. The van der Waals surface area contributed by atoms with Crippen LogP contribution in [0.25, 0.3) is 6.08 Å². The predicted molar refractivity (Wildman–Crippen MR) is 152 cm³/mol. The van der Waals surface area contributed by atoms with Gasteiger partial charge in [0.2, 0.25) is 5.91 Å². The highest BCUT2D eigenvalue weighted by Gasteiger charge is 2.36. The number of rotatable bonds is 10. The number of para-hydroxylation sites is 1. The molecule has 0 bridgehead atoms. The second kappa shape index (κ2) is 12.5. The van der Waals surface area contributed by atoms with Gasteiger partial charge in [0.15, 0.2) is 11.5 Å². The molecule has 0 saturated carbocycles. The summed E-state index contributed by atoms with van der Waals surface area (Å²) in [7, 11) is 0. The van der Waals surface area contributed by atoms with Crippen molar-refractivity contribution >= 4 is 46.3 Å². The predicted octanol–water partition coefficient (Wildman–Crippen LogP) is 5.86. The van der Waals surface area contributed by atoms with Crippen LogP contribution < -0.4 is 14.8 Å². The molecule has 1 N–H and O–H groups in total. The number of aryl methyl sites for hydroxylation is 2. The SMILES string of the molecule is CCOc1cc(/C=C2/SC(=O)N(CC(=O)Nc3c(C)cccc3C)C2=O)ccc1OCc1ccc([N+](=O)[O-])cc1. The number of benzene rings is 3. The number of nitrogens with zero attached hydrogens (tertiary/aromatic N) is 2. The van der Waals surface area contributed by atoms with Gasteiger partial charge in [-0.2, -0.15) is 0 Å². The Bertz CT molecular complexity index is 1480. The topological polar surface area (TPSA) is 128 Å². The van der Waals surface area contributed by atoms with Crippen LogP contribution in [0.4, 0.5) is 16.2 Å². The summed E-state index contributed by atoms with van der Waals surface area (Å²) in [6.07, 6.45) is 1.57. The number of carbonyl (C=O) groups is 3. The lowest BCUT2D eigenvalue weighted by atomic mass is 10.1. The van der Waals surface area contributed by atoms with Gasteiger partial charge in [-0.3, -0.25) is 29.4 Å². The van der Waals surface area contributed by atoms with Crippen molar-refractivity contribution in [3.8, 4) is 11.5 Å². The average Bonchev–Trinajstić information content (AvgIpc) is 3.18. The highest BCUT2D eigenvalue weighted by Crippen LogP contribution is 2.35. The van der Waals surface area contributed by atoms with Crippen molar-refractivity contribution < 1.29 is 28.8 Å². The summed E-state index contributed by atoms with van der Waals surface area (Å²) in [5.41, 5.74) is 3.77. The first kappa shape index (κ1) is 28.4. The molecule has 0 radical (unpaired) electrons. The van der Waals surface area contributed by atoms with Gasteiger partial charge in [-0.1, -0.05) is 24.3 Å². The van der Waals surface area contributed by atoms with Crippen LogP contribution in [0.3, 0.4) is 0 Å². The van der Waals surface area contributed by atoms with E-state index in [1.165, 1.54) is 12.1 Å². The minimum absolute atomic E-state index is 0.00506. The lowest BCUT2D eigenvalue weighted by molar-refractivity contribution is -0.384. The molecule has 0 aromatic heterocycles. The Balaban J connectivity index is 1.44. The molecule has 0 spiro atoms. The van der Waals surface area contributed by atoms with Gasteiger partial charge in [0, 0.05) is 17.8 Å². The zero-order valence-corrected chi connectivity index (χ0v) is 22.9. The standard InChI is InChI=1S/C29H27N3O7S/c1-4-38-24-14-21(10-13-23(24)39-17-20-8-11-22(12-9-20)32(36)37)15-25-28(34)31(29(35)40-25)16-26(33)30-27-18(2)6-5-7-19(27)3/h5-15H,4,16-17H2,1-3H3,(H,30,33)/b25-15+. The number of ether oxygens (including phenoxy) is 2. The first-order chi connectivity index (χ1) is 19.2. The second-order valence-corrected chi connectivity index (χ2v) is 9.93. The van der Waals surface area contributed by atoms with E-state index in [1.54, 1.807) is 36.4 Å². The number of nitrogens with one attached hydrogen (secondary N) is 1. The van der Waals surface area contributed by atoms with Crippen LogP contribution >= 0.6 is 11.8 Å². The van der Waals surface area contributed by atoms with E-state index in [1.807, 2.05) is 39.0 Å². The molecule has 3 aromatic rings. The van der Waals surface area contributed by atoms with Crippen molar-refractivity contribution in [2.75, 3.05) is 18.5 Å². The van der Waals surface area contributed by atoms with Gasteiger partial charge in [0.25, 0.3) is 16.8 Å². The second-order valence-electron chi connectivity index (χ2n) is 8.93. The number of hydrogen-bond donors (Lipinski definition) is 1. The zero-order chi connectivity index (χ0) is 28.8. The Hall–Kier alpha value is -4.64. The van der Waals surface area contributed by atoms with Gasteiger partial charge >= 0.3 is 0 Å². The van der Waals surface area contributed by atoms with Crippen LogP contribution in [0.2, 0.25) is 0 Å². The maximum atomic E-state index is 13.0. The van der Waals surface area contributed by atoms with E-state index in [-0.39, 0.29) is 17.2 Å². The van der Waals surface area contributed by atoms with Crippen molar-refractivity contribution in [2.45, 2.75) is 27.4 Å². The van der Waals surface area contributed by atoms with Crippen LogP contribution in [-0.4, -0.2) is 40.0 Å². The molecule has 4 rings (SSSR count). The number of anilines is 1. The molecular formula is C29H27N3O7S. The van der Waals surface area contributed by atoms with Gasteiger partial charge in [0.1, 0.15) is 13.2 Å². The van der Waals surface area contributed by atoms with Crippen LogP contribution in [0, 0.1) is 24.0 Å². The Morgan fingerprint density at radius 3 is 2.38 bits per heavy atom. The summed E-state index contributed by atoms with van der Waals surface area (Å²) in [6.45, 7) is 5.70. The van der Waals surface area contributed by atoms with Crippen LogP contribution in [0.1, 0.15) is 29.2 Å². The van der Waals surface area contributed by atoms with Gasteiger partial charge < -0.3 is 14.8 Å². The maximum Gasteiger partial charge on any atom is 0.294 e. The summed E-state index contributed by atoms with van der Waals surface area (Å²) in [4.78, 5) is 49.7. The van der Waals surface area contributed by atoms with Crippen molar-refractivity contribution in [1.29, 1.82) is 0 Å². The molecule has 0 unspecified atom stereocenters. The molecule has 1 aliphatic rings. The first-order valence-corrected chi connectivity index (χ1v) is 13.2. The molecule has 0 aliphatic carbocycles. The Morgan fingerprint density at radius 1 is 1.02 bits per heavy atom. The van der Waals surface area contributed by atoms with E-state index < -0.39 is 28.5 Å². The minimum atomic E-state index is -0.553. The van der Waals surface area contributed by atoms with E-state index in [9.17, 15) is 24.5 Å². The van der Waals surface area contributed by atoms with Gasteiger partial charge in [0.05, 0.1) is 16.4 Å². The summed E-state index contributed by atoms with van der Waals surface area (Å²) in [6, 6.07) is 16.8. The van der Waals surface area contributed by atoms with E-state index in [4.69, 9.17) is 9.47 Å². The number of carbonyl (C=O) groups excluding carboxylic acids is 3. The fourth-order valence-corrected chi connectivity index (χ4v) is 4.84. The summed E-state index contributed by atoms with van der Waals surface area (Å²) >= 11 is 0.764. The minimum Gasteiger partial charge on any atom is -0.490 e. The maximum absolute atomic E-state index is 13.0. The van der Waals surface area contributed by atoms with E-state index in [2.05, 4.69) is 5.32 Å². The van der Waals surface area contributed by atoms with E-state index in [0.717, 1.165) is 33.4 Å². The molecule has 1 heterocycles. The number of nitro benzene ring substituents is 1. The normalized spacial score (nSPS) is 14.0. The number of non-ortho nitro benzene ring substituents is 1. The lowest BCUT2D eigenvalue weighted by Gasteiger charge is -2.15. The van der Waals surface area contributed by atoms with Gasteiger partial charge in [-0.25, -0.2) is 0 Å². The number of imide groups is 1. The fraction of sp³-hybridized carbons (Fsp3) is 0.207. The van der Waals surface area contributed by atoms with Gasteiger partial charge in [-0.05, 0) is 85.1 Å². The van der Waals surface area contributed by atoms with Crippen molar-refractivity contribution in [3.63, 3.8) is 0 Å². The highest BCUT2D eigenvalue weighted by molar-refractivity contribution is 8.18. The third-order valence-electron chi connectivity index (χ3n) is 6.03. The quantitative estimate of drug-likeness (QED) is 0.185. The average molecular weight is 562 g/mol. The third kappa shape index (κ3) is 6.67. The Morgan fingerprint density at radius 2 is 1.73 bits per heavy atom. The van der Waals surface area contributed by atoms with Crippen molar-refractivity contribution in [3.05, 3.63) is 97.9 Å². The monoisotopic (exact) mass is 561 g/mol. The van der Waals surface area contributed by atoms with Crippen LogP contribution in [0.5, 0.6) is 11.5 Å². The lowest BCUT2D eigenvalue weighted by Crippen LogP contribution is -2.36.